The highest BCUT2D eigenvalue weighted by atomic mass is 16.5. The van der Waals surface area contributed by atoms with Crippen molar-refractivity contribution >= 4 is 5.82 Å². The van der Waals surface area contributed by atoms with Crippen molar-refractivity contribution < 1.29 is 9.47 Å². The fourth-order valence-electron chi connectivity index (χ4n) is 2.25. The predicted octanol–water partition coefficient (Wildman–Crippen LogP) is 2.46. The summed E-state index contributed by atoms with van der Waals surface area (Å²) < 4.78 is 10.9. The van der Waals surface area contributed by atoms with Crippen LogP contribution in [0.25, 0.3) is 0 Å². The van der Waals surface area contributed by atoms with Gasteiger partial charge >= 0.3 is 0 Å². The summed E-state index contributed by atoms with van der Waals surface area (Å²) in [6.45, 7) is 2.64. The van der Waals surface area contributed by atoms with Crippen LogP contribution < -0.4 is 10.1 Å². The summed E-state index contributed by atoms with van der Waals surface area (Å²) in [6.07, 6.45) is 5.45. The van der Waals surface area contributed by atoms with E-state index in [4.69, 9.17) is 9.47 Å². The second-order valence-electron chi connectivity index (χ2n) is 4.30. The second kappa shape index (κ2) is 5.87. The lowest BCUT2D eigenvalue weighted by molar-refractivity contribution is 0.108. The lowest BCUT2D eigenvalue weighted by Gasteiger charge is -2.16. The molecule has 0 aliphatic heterocycles. The van der Waals surface area contributed by atoms with Crippen LogP contribution in [0.2, 0.25) is 0 Å². The topological polar surface area (TPSA) is 43.4 Å². The number of hydrogen-bond donors (Lipinski definition) is 1. The van der Waals surface area contributed by atoms with E-state index in [0.29, 0.717) is 18.8 Å². The van der Waals surface area contributed by atoms with Crippen LogP contribution in [-0.2, 0) is 4.74 Å². The monoisotopic (exact) mass is 236 g/mol. The first-order chi connectivity index (χ1) is 8.33. The van der Waals surface area contributed by atoms with E-state index in [1.807, 2.05) is 19.1 Å². The Morgan fingerprint density at radius 3 is 3.06 bits per heavy atom. The van der Waals surface area contributed by atoms with E-state index >= 15 is 0 Å². The molecule has 0 amide bonds. The van der Waals surface area contributed by atoms with Crippen LogP contribution in [0.4, 0.5) is 5.82 Å². The highest BCUT2D eigenvalue weighted by molar-refractivity contribution is 5.50. The van der Waals surface area contributed by atoms with Crippen molar-refractivity contribution in [1.82, 2.24) is 4.98 Å². The maximum atomic E-state index is 5.54. The number of nitrogens with one attached hydrogen (secondary N) is 1. The molecular weight excluding hydrogens is 216 g/mol. The Hall–Kier alpha value is -1.29. The third kappa shape index (κ3) is 3.09. The summed E-state index contributed by atoms with van der Waals surface area (Å²) in [5, 5.41) is 3.44. The second-order valence-corrected chi connectivity index (χ2v) is 4.30. The first-order valence-corrected chi connectivity index (χ1v) is 6.20. The molecule has 94 valence electrons. The summed E-state index contributed by atoms with van der Waals surface area (Å²) in [6, 6.07) is 4.28. The summed E-state index contributed by atoms with van der Waals surface area (Å²) in [5.41, 5.74) is 0. The lowest BCUT2D eigenvalue weighted by Crippen LogP contribution is -2.18. The van der Waals surface area contributed by atoms with Crippen LogP contribution in [0.3, 0.4) is 0 Å². The summed E-state index contributed by atoms with van der Waals surface area (Å²) in [4.78, 5) is 4.33. The minimum Gasteiger partial charge on any atom is -0.490 e. The molecule has 4 nitrogen and oxygen atoms in total. The molecule has 0 saturated heterocycles. The average Bonchev–Trinajstić information content (AvgIpc) is 2.80. The van der Waals surface area contributed by atoms with Gasteiger partial charge in [-0.25, -0.2) is 4.98 Å². The van der Waals surface area contributed by atoms with Crippen LogP contribution >= 0.6 is 0 Å². The highest BCUT2D eigenvalue weighted by Crippen LogP contribution is 2.28. The maximum absolute atomic E-state index is 5.54. The summed E-state index contributed by atoms with van der Waals surface area (Å²) in [5.74, 6) is 1.67. The third-order valence-electron chi connectivity index (χ3n) is 3.13. The molecule has 1 fully saturated rings. The van der Waals surface area contributed by atoms with Gasteiger partial charge in [0.1, 0.15) is 0 Å². The van der Waals surface area contributed by atoms with Crippen molar-refractivity contribution in [3.8, 4) is 5.75 Å². The van der Waals surface area contributed by atoms with Crippen LogP contribution in [0, 0.1) is 0 Å². The number of aromatic nitrogens is 1. The molecule has 1 aliphatic carbocycles. The van der Waals surface area contributed by atoms with Crippen molar-refractivity contribution in [1.29, 1.82) is 0 Å². The Balaban J connectivity index is 1.98. The van der Waals surface area contributed by atoms with E-state index in [9.17, 15) is 0 Å². The van der Waals surface area contributed by atoms with E-state index < -0.39 is 0 Å². The molecule has 1 aromatic heterocycles. The molecule has 0 aromatic carbocycles. The van der Waals surface area contributed by atoms with E-state index in [2.05, 4.69) is 10.3 Å². The van der Waals surface area contributed by atoms with Crippen molar-refractivity contribution in [2.45, 2.75) is 38.3 Å². The predicted molar refractivity (Wildman–Crippen MR) is 67.5 cm³/mol. The molecule has 1 heterocycles. The summed E-state index contributed by atoms with van der Waals surface area (Å²) in [7, 11) is 1.78. The molecular formula is C13H20N2O2. The molecule has 2 unspecified atom stereocenters. The molecule has 1 aliphatic rings. The molecule has 0 bridgehead atoms. The number of hydrogen-bond acceptors (Lipinski definition) is 4. The van der Waals surface area contributed by atoms with Gasteiger partial charge in [0.2, 0.25) is 0 Å². The number of ether oxygens (including phenoxy) is 2. The van der Waals surface area contributed by atoms with Crippen LogP contribution in [0.1, 0.15) is 26.2 Å². The molecule has 17 heavy (non-hydrogen) atoms. The molecule has 1 N–H and O–H groups in total. The zero-order valence-corrected chi connectivity index (χ0v) is 10.5. The van der Waals surface area contributed by atoms with Gasteiger partial charge in [-0.15, -0.1) is 0 Å². The standard InChI is InChI=1S/C13H20N2O2/c1-3-17-12-5-4-8-14-13(12)15-10-6-7-11(9-10)16-2/h4-5,8,10-11H,3,6-7,9H2,1-2H3,(H,14,15). The maximum Gasteiger partial charge on any atom is 0.168 e. The van der Waals surface area contributed by atoms with E-state index in [1.165, 1.54) is 0 Å². The minimum absolute atomic E-state index is 0.381. The van der Waals surface area contributed by atoms with E-state index in [0.717, 1.165) is 30.8 Å². The molecule has 0 spiro atoms. The van der Waals surface area contributed by atoms with E-state index in [-0.39, 0.29) is 0 Å². The van der Waals surface area contributed by atoms with Gasteiger partial charge in [0.15, 0.2) is 11.6 Å². The number of rotatable bonds is 5. The average molecular weight is 236 g/mol. The van der Waals surface area contributed by atoms with Gasteiger partial charge in [-0.1, -0.05) is 0 Å². The molecule has 2 rings (SSSR count). The van der Waals surface area contributed by atoms with Crippen molar-refractivity contribution in [2.24, 2.45) is 0 Å². The van der Waals surface area contributed by atoms with E-state index in [1.54, 1.807) is 13.3 Å². The Morgan fingerprint density at radius 1 is 1.47 bits per heavy atom. The number of pyridine rings is 1. The zero-order valence-electron chi connectivity index (χ0n) is 10.5. The Labute approximate surface area is 102 Å². The molecule has 4 heteroatoms. The quantitative estimate of drug-likeness (QED) is 0.853. The van der Waals surface area contributed by atoms with Crippen LogP contribution in [-0.4, -0.2) is 30.8 Å². The first-order valence-electron chi connectivity index (χ1n) is 6.20. The normalized spacial score (nSPS) is 23.6. The number of methoxy groups -OCH3 is 1. The third-order valence-corrected chi connectivity index (χ3v) is 3.13. The van der Waals surface area contributed by atoms with Gasteiger partial charge in [-0.3, -0.25) is 0 Å². The summed E-state index contributed by atoms with van der Waals surface area (Å²) >= 11 is 0. The smallest absolute Gasteiger partial charge is 0.168 e. The van der Waals surface area contributed by atoms with Gasteiger partial charge in [-0.2, -0.15) is 0 Å². The molecule has 1 saturated carbocycles. The Kier molecular flexibility index (Phi) is 4.20. The molecule has 1 aromatic rings. The van der Waals surface area contributed by atoms with Crippen molar-refractivity contribution in [3.05, 3.63) is 18.3 Å². The van der Waals surface area contributed by atoms with Gasteiger partial charge in [0.25, 0.3) is 0 Å². The Morgan fingerprint density at radius 2 is 2.35 bits per heavy atom. The fourth-order valence-corrected chi connectivity index (χ4v) is 2.25. The van der Waals surface area contributed by atoms with Gasteiger partial charge < -0.3 is 14.8 Å². The highest BCUT2D eigenvalue weighted by Gasteiger charge is 2.25. The van der Waals surface area contributed by atoms with Gasteiger partial charge in [0.05, 0.1) is 12.7 Å². The first kappa shape index (κ1) is 12.2. The van der Waals surface area contributed by atoms with Crippen molar-refractivity contribution in [2.75, 3.05) is 19.0 Å². The van der Waals surface area contributed by atoms with Crippen molar-refractivity contribution in [3.63, 3.8) is 0 Å². The zero-order chi connectivity index (χ0) is 12.1. The van der Waals surface area contributed by atoms with Crippen LogP contribution in [0.15, 0.2) is 18.3 Å². The molecule has 2 atom stereocenters. The fraction of sp³-hybridized carbons (Fsp3) is 0.615. The molecule has 0 radical (unpaired) electrons. The minimum atomic E-state index is 0.381. The number of anilines is 1. The van der Waals surface area contributed by atoms with Gasteiger partial charge in [0, 0.05) is 19.3 Å². The SMILES string of the molecule is CCOc1cccnc1NC1CCC(OC)C1. The number of nitrogens with zero attached hydrogens (tertiary/aromatic N) is 1. The van der Waals surface area contributed by atoms with Gasteiger partial charge in [-0.05, 0) is 38.3 Å². The van der Waals surface area contributed by atoms with Crippen LogP contribution in [0.5, 0.6) is 5.75 Å². The largest absolute Gasteiger partial charge is 0.490 e. The lowest BCUT2D eigenvalue weighted by atomic mass is 10.2. The Bertz CT molecular complexity index is 357.